The highest BCUT2D eigenvalue weighted by molar-refractivity contribution is 5.82. The molecule has 0 spiro atoms. The molecular formula is C9H10N6. The van der Waals surface area contributed by atoms with Gasteiger partial charge in [-0.15, -0.1) is 0 Å². The highest BCUT2D eigenvalue weighted by atomic mass is 15.1. The molecule has 2 heterocycles. The Morgan fingerprint density at radius 1 is 0.867 bits per heavy atom. The van der Waals surface area contributed by atoms with E-state index in [9.17, 15) is 0 Å². The predicted molar refractivity (Wildman–Crippen MR) is 56.0 cm³/mol. The van der Waals surface area contributed by atoms with Crippen LogP contribution >= 0.6 is 0 Å². The second-order valence-corrected chi connectivity index (χ2v) is 3.61. The predicted octanol–water partition coefficient (Wildman–Crippen LogP) is 0.0729. The zero-order valence-corrected chi connectivity index (χ0v) is 8.06. The van der Waals surface area contributed by atoms with E-state index >= 15 is 0 Å². The van der Waals surface area contributed by atoms with Gasteiger partial charge in [-0.05, 0) is 19.3 Å². The van der Waals surface area contributed by atoms with Crippen LogP contribution in [0.2, 0.25) is 0 Å². The molecule has 0 amide bonds. The van der Waals surface area contributed by atoms with Crippen molar-refractivity contribution >= 4 is 22.9 Å². The molecule has 0 atom stereocenters. The molecule has 0 bridgehead atoms. The minimum atomic E-state index is 0.146. The molecule has 0 aliphatic heterocycles. The minimum Gasteiger partial charge on any atom is -0.382 e. The number of rotatable bonds is 0. The van der Waals surface area contributed by atoms with E-state index in [1.54, 1.807) is 0 Å². The van der Waals surface area contributed by atoms with E-state index < -0.39 is 0 Å². The van der Waals surface area contributed by atoms with Crippen LogP contribution in [0.15, 0.2) is 0 Å². The van der Waals surface area contributed by atoms with Crippen molar-refractivity contribution < 1.29 is 0 Å². The maximum absolute atomic E-state index is 5.72. The van der Waals surface area contributed by atoms with Gasteiger partial charge in [0, 0.05) is 0 Å². The molecule has 1 aliphatic rings. The van der Waals surface area contributed by atoms with Gasteiger partial charge in [-0.3, -0.25) is 0 Å². The molecule has 0 aromatic carbocycles. The van der Waals surface area contributed by atoms with Crippen molar-refractivity contribution in [1.29, 1.82) is 0 Å². The summed E-state index contributed by atoms with van der Waals surface area (Å²) in [7, 11) is 0. The molecule has 6 nitrogen and oxygen atoms in total. The standard InChI is InChI=1S/C9H10N6/c10-7-6-8(15-9(11)14-7)13-5-3-1-2-4(5)12-6/h1-3H2,(H4,10,11,13,14,15). The van der Waals surface area contributed by atoms with Gasteiger partial charge >= 0.3 is 0 Å². The monoisotopic (exact) mass is 202 g/mol. The lowest BCUT2D eigenvalue weighted by Gasteiger charge is -2.03. The number of hydrogen-bond acceptors (Lipinski definition) is 6. The van der Waals surface area contributed by atoms with Crippen LogP contribution in [0.4, 0.5) is 11.8 Å². The lowest BCUT2D eigenvalue weighted by atomic mass is 10.3. The van der Waals surface area contributed by atoms with E-state index in [0.717, 1.165) is 30.7 Å². The maximum Gasteiger partial charge on any atom is 0.224 e. The molecule has 76 valence electrons. The SMILES string of the molecule is Nc1nc(N)c2nc3c(nc2n1)CCC3. The summed E-state index contributed by atoms with van der Waals surface area (Å²) in [5.41, 5.74) is 14.3. The number of aryl methyl sites for hydroxylation is 2. The van der Waals surface area contributed by atoms with Gasteiger partial charge < -0.3 is 11.5 Å². The van der Waals surface area contributed by atoms with Gasteiger partial charge in [-0.2, -0.15) is 9.97 Å². The van der Waals surface area contributed by atoms with Gasteiger partial charge in [0.2, 0.25) is 5.95 Å². The molecule has 3 rings (SSSR count). The molecular weight excluding hydrogens is 192 g/mol. The van der Waals surface area contributed by atoms with E-state index in [-0.39, 0.29) is 5.95 Å². The summed E-state index contributed by atoms with van der Waals surface area (Å²) < 4.78 is 0. The average molecular weight is 202 g/mol. The van der Waals surface area contributed by atoms with Crippen molar-refractivity contribution in [3.63, 3.8) is 0 Å². The Labute approximate surface area is 85.8 Å². The number of fused-ring (bicyclic) bond motifs is 2. The Balaban J connectivity index is 2.38. The fourth-order valence-electron chi connectivity index (χ4n) is 1.88. The Bertz CT molecular complexity index is 550. The Morgan fingerprint density at radius 2 is 1.60 bits per heavy atom. The lowest BCUT2D eigenvalue weighted by Crippen LogP contribution is -2.05. The molecule has 2 aromatic rings. The number of nitrogen functional groups attached to an aromatic ring is 2. The first-order valence-corrected chi connectivity index (χ1v) is 4.82. The number of anilines is 2. The smallest absolute Gasteiger partial charge is 0.224 e. The molecule has 15 heavy (non-hydrogen) atoms. The Kier molecular flexibility index (Phi) is 1.53. The summed E-state index contributed by atoms with van der Waals surface area (Å²) in [5.74, 6) is 0.451. The molecule has 6 heteroatoms. The third kappa shape index (κ3) is 1.18. The van der Waals surface area contributed by atoms with E-state index in [2.05, 4.69) is 19.9 Å². The van der Waals surface area contributed by atoms with Crippen molar-refractivity contribution in [2.45, 2.75) is 19.3 Å². The molecule has 0 fully saturated rings. The van der Waals surface area contributed by atoms with Gasteiger partial charge in [0.05, 0.1) is 11.4 Å². The highest BCUT2D eigenvalue weighted by Crippen LogP contribution is 2.22. The zero-order chi connectivity index (χ0) is 10.4. The number of aromatic nitrogens is 4. The second-order valence-electron chi connectivity index (χ2n) is 3.61. The van der Waals surface area contributed by atoms with E-state index in [4.69, 9.17) is 11.5 Å². The molecule has 0 saturated heterocycles. The topological polar surface area (TPSA) is 104 Å². The average Bonchev–Trinajstić information content (AvgIpc) is 2.61. The quantitative estimate of drug-likeness (QED) is 0.626. The summed E-state index contributed by atoms with van der Waals surface area (Å²) in [5, 5.41) is 0. The van der Waals surface area contributed by atoms with Crippen molar-refractivity contribution in [2.24, 2.45) is 0 Å². The first-order valence-electron chi connectivity index (χ1n) is 4.82. The van der Waals surface area contributed by atoms with Crippen molar-refractivity contribution in [2.75, 3.05) is 11.5 Å². The lowest BCUT2D eigenvalue weighted by molar-refractivity contribution is 0.894. The molecule has 1 aliphatic carbocycles. The normalized spacial score (nSPS) is 14.4. The molecule has 4 N–H and O–H groups in total. The van der Waals surface area contributed by atoms with Gasteiger partial charge in [0.15, 0.2) is 17.0 Å². The van der Waals surface area contributed by atoms with Crippen LogP contribution in [0.25, 0.3) is 11.2 Å². The minimum absolute atomic E-state index is 0.146. The fourth-order valence-corrected chi connectivity index (χ4v) is 1.88. The number of nitrogens with zero attached hydrogens (tertiary/aromatic N) is 4. The zero-order valence-electron chi connectivity index (χ0n) is 8.06. The summed E-state index contributed by atoms with van der Waals surface area (Å²) in [6.07, 6.45) is 3.01. The first-order chi connectivity index (χ1) is 7.24. The van der Waals surface area contributed by atoms with Crippen LogP contribution in [0.3, 0.4) is 0 Å². The summed E-state index contributed by atoms with van der Waals surface area (Å²) in [6.45, 7) is 0. The van der Waals surface area contributed by atoms with E-state index in [0.29, 0.717) is 17.0 Å². The van der Waals surface area contributed by atoms with Gasteiger partial charge in [0.25, 0.3) is 0 Å². The highest BCUT2D eigenvalue weighted by Gasteiger charge is 2.17. The second kappa shape index (κ2) is 2.75. The van der Waals surface area contributed by atoms with Crippen LogP contribution in [-0.2, 0) is 12.8 Å². The van der Waals surface area contributed by atoms with Crippen LogP contribution in [-0.4, -0.2) is 19.9 Å². The molecule has 2 aromatic heterocycles. The largest absolute Gasteiger partial charge is 0.382 e. The molecule has 0 radical (unpaired) electrons. The maximum atomic E-state index is 5.72. The van der Waals surface area contributed by atoms with Crippen LogP contribution < -0.4 is 11.5 Å². The summed E-state index contributed by atoms with van der Waals surface area (Å²) in [6, 6.07) is 0. The first kappa shape index (κ1) is 8.34. The van der Waals surface area contributed by atoms with Crippen LogP contribution in [0, 0.1) is 0 Å². The number of nitrogens with two attached hydrogens (primary N) is 2. The van der Waals surface area contributed by atoms with Gasteiger partial charge in [0.1, 0.15) is 0 Å². The van der Waals surface area contributed by atoms with Crippen LogP contribution in [0.5, 0.6) is 0 Å². The Morgan fingerprint density at radius 3 is 2.40 bits per heavy atom. The third-order valence-electron chi connectivity index (χ3n) is 2.56. The third-order valence-corrected chi connectivity index (χ3v) is 2.56. The van der Waals surface area contributed by atoms with Crippen LogP contribution in [0.1, 0.15) is 17.8 Å². The van der Waals surface area contributed by atoms with Crippen molar-refractivity contribution in [1.82, 2.24) is 19.9 Å². The van der Waals surface area contributed by atoms with Gasteiger partial charge in [-0.25, -0.2) is 9.97 Å². The Hall–Kier alpha value is -1.98. The van der Waals surface area contributed by atoms with Crippen molar-refractivity contribution in [3.8, 4) is 0 Å². The fraction of sp³-hybridized carbons (Fsp3) is 0.333. The number of hydrogen-bond donors (Lipinski definition) is 2. The van der Waals surface area contributed by atoms with Gasteiger partial charge in [-0.1, -0.05) is 0 Å². The summed E-state index contributed by atoms with van der Waals surface area (Å²) in [4.78, 5) is 16.7. The summed E-state index contributed by atoms with van der Waals surface area (Å²) >= 11 is 0. The van der Waals surface area contributed by atoms with Crippen molar-refractivity contribution in [3.05, 3.63) is 11.4 Å². The van der Waals surface area contributed by atoms with E-state index in [1.807, 2.05) is 0 Å². The molecule has 0 saturated carbocycles. The van der Waals surface area contributed by atoms with E-state index in [1.165, 1.54) is 0 Å². The molecule has 0 unspecified atom stereocenters.